The number of nitrogens with one attached hydrogen (secondary N) is 1. The van der Waals surface area contributed by atoms with Crippen LogP contribution in [0.3, 0.4) is 0 Å². The van der Waals surface area contributed by atoms with E-state index in [0.29, 0.717) is 5.82 Å². The van der Waals surface area contributed by atoms with E-state index >= 15 is 0 Å². The van der Waals surface area contributed by atoms with Crippen LogP contribution in [0.15, 0.2) is 11.2 Å². The minimum atomic E-state index is 0.680. The van der Waals surface area contributed by atoms with E-state index in [0.717, 1.165) is 43.2 Å². The summed E-state index contributed by atoms with van der Waals surface area (Å²) in [4.78, 5) is 13.8. The van der Waals surface area contributed by atoms with Gasteiger partial charge in [0.2, 0.25) is 0 Å². The van der Waals surface area contributed by atoms with E-state index in [4.69, 9.17) is 5.84 Å². The first-order chi connectivity index (χ1) is 9.30. The average Bonchev–Trinajstić information content (AvgIpc) is 3.31. The zero-order valence-corrected chi connectivity index (χ0v) is 12.0. The Morgan fingerprint density at radius 3 is 2.58 bits per heavy atom. The van der Waals surface area contributed by atoms with Crippen molar-refractivity contribution >= 4 is 23.4 Å². The Bertz CT molecular complexity index is 420. The molecule has 0 amide bonds. The SMILES string of the molecule is CSc1nc(NN)cc(N2CCN(C3CC3)CC2)n1. The molecule has 2 fully saturated rings. The number of piperazine rings is 1. The van der Waals surface area contributed by atoms with Crippen molar-refractivity contribution in [2.45, 2.75) is 24.0 Å². The third-order valence-corrected chi connectivity index (χ3v) is 4.27. The van der Waals surface area contributed by atoms with Gasteiger partial charge in [0.1, 0.15) is 11.6 Å². The second-order valence-corrected chi connectivity index (χ2v) is 5.77. The number of thioether (sulfide) groups is 1. The van der Waals surface area contributed by atoms with Crippen LogP contribution in [-0.2, 0) is 0 Å². The van der Waals surface area contributed by atoms with Crippen molar-refractivity contribution in [1.29, 1.82) is 0 Å². The van der Waals surface area contributed by atoms with E-state index in [9.17, 15) is 0 Å². The van der Waals surface area contributed by atoms with Crippen LogP contribution in [0, 0.1) is 0 Å². The van der Waals surface area contributed by atoms with E-state index in [1.54, 1.807) is 0 Å². The molecule has 1 aromatic heterocycles. The predicted molar refractivity (Wildman–Crippen MR) is 78.4 cm³/mol. The Morgan fingerprint density at radius 2 is 2.00 bits per heavy atom. The first-order valence-electron chi connectivity index (χ1n) is 6.69. The zero-order chi connectivity index (χ0) is 13.2. The van der Waals surface area contributed by atoms with Crippen molar-refractivity contribution < 1.29 is 0 Å². The van der Waals surface area contributed by atoms with Gasteiger partial charge in [-0.05, 0) is 19.1 Å². The lowest BCUT2D eigenvalue weighted by molar-refractivity contribution is 0.247. The Labute approximate surface area is 117 Å². The number of nitrogens with two attached hydrogens (primary N) is 1. The molecule has 0 bridgehead atoms. The van der Waals surface area contributed by atoms with Gasteiger partial charge < -0.3 is 10.3 Å². The van der Waals surface area contributed by atoms with Crippen LogP contribution in [-0.4, -0.2) is 53.3 Å². The summed E-state index contributed by atoms with van der Waals surface area (Å²) in [5, 5.41) is 0.759. The maximum atomic E-state index is 5.47. The molecule has 1 saturated carbocycles. The zero-order valence-electron chi connectivity index (χ0n) is 11.2. The van der Waals surface area contributed by atoms with Crippen molar-refractivity contribution in [1.82, 2.24) is 14.9 Å². The molecule has 0 spiro atoms. The second-order valence-electron chi connectivity index (χ2n) is 5.00. The fourth-order valence-corrected chi connectivity index (χ4v) is 2.87. The van der Waals surface area contributed by atoms with Crippen LogP contribution in [0.1, 0.15) is 12.8 Å². The standard InChI is InChI=1S/C12H20N6S/c1-19-12-14-10(16-13)8-11(15-12)18-6-4-17(5-7-18)9-2-3-9/h8-9H,2-7,13H2,1H3,(H,14,15,16). The molecule has 6 nitrogen and oxygen atoms in total. The summed E-state index contributed by atoms with van der Waals surface area (Å²) < 4.78 is 0. The van der Waals surface area contributed by atoms with Crippen molar-refractivity contribution in [3.8, 4) is 0 Å². The van der Waals surface area contributed by atoms with Gasteiger partial charge in [-0.3, -0.25) is 4.90 Å². The van der Waals surface area contributed by atoms with Gasteiger partial charge in [0.15, 0.2) is 5.16 Å². The maximum absolute atomic E-state index is 5.47. The highest BCUT2D eigenvalue weighted by atomic mass is 32.2. The number of nitrogens with zero attached hydrogens (tertiary/aromatic N) is 4. The van der Waals surface area contributed by atoms with E-state index in [1.807, 2.05) is 12.3 Å². The Balaban J connectivity index is 1.71. The van der Waals surface area contributed by atoms with E-state index in [1.165, 1.54) is 24.6 Å². The average molecular weight is 280 g/mol. The van der Waals surface area contributed by atoms with E-state index < -0.39 is 0 Å². The largest absolute Gasteiger partial charge is 0.354 e. The Morgan fingerprint density at radius 1 is 1.26 bits per heavy atom. The monoisotopic (exact) mass is 280 g/mol. The maximum Gasteiger partial charge on any atom is 0.191 e. The van der Waals surface area contributed by atoms with Crippen LogP contribution in [0.4, 0.5) is 11.6 Å². The fourth-order valence-electron chi connectivity index (χ4n) is 2.50. The number of nitrogen functional groups attached to an aromatic ring is 1. The lowest BCUT2D eigenvalue weighted by Gasteiger charge is -2.35. The minimum absolute atomic E-state index is 0.680. The summed E-state index contributed by atoms with van der Waals surface area (Å²) in [6.07, 6.45) is 4.74. The normalized spacial score (nSPS) is 20.6. The first kappa shape index (κ1) is 13.0. The molecule has 1 aliphatic heterocycles. The highest BCUT2D eigenvalue weighted by Crippen LogP contribution is 2.28. The molecule has 104 valence electrons. The van der Waals surface area contributed by atoms with Crippen LogP contribution >= 0.6 is 11.8 Å². The van der Waals surface area contributed by atoms with Crippen LogP contribution in [0.5, 0.6) is 0 Å². The van der Waals surface area contributed by atoms with Crippen molar-refractivity contribution in [2.24, 2.45) is 5.84 Å². The predicted octanol–water partition coefficient (Wildman–Crippen LogP) is 0.768. The van der Waals surface area contributed by atoms with Crippen molar-refractivity contribution in [3.05, 3.63) is 6.07 Å². The summed E-state index contributed by atoms with van der Waals surface area (Å²) in [6, 6.07) is 2.78. The molecule has 0 unspecified atom stereocenters. The number of hydrazine groups is 1. The molecule has 0 radical (unpaired) electrons. The minimum Gasteiger partial charge on any atom is -0.354 e. The summed E-state index contributed by atoms with van der Waals surface area (Å²) in [6.45, 7) is 4.33. The van der Waals surface area contributed by atoms with Crippen LogP contribution in [0.25, 0.3) is 0 Å². The van der Waals surface area contributed by atoms with Crippen LogP contribution in [0.2, 0.25) is 0 Å². The number of aromatic nitrogens is 2. The number of rotatable bonds is 4. The smallest absolute Gasteiger partial charge is 0.191 e. The molecule has 2 heterocycles. The molecular formula is C12H20N6S. The quantitative estimate of drug-likeness (QED) is 0.365. The number of hydrogen-bond acceptors (Lipinski definition) is 7. The molecule has 7 heteroatoms. The summed E-state index contributed by atoms with van der Waals surface area (Å²) in [7, 11) is 0. The van der Waals surface area contributed by atoms with Gasteiger partial charge in [-0.15, -0.1) is 0 Å². The molecular weight excluding hydrogens is 260 g/mol. The van der Waals surface area contributed by atoms with Gasteiger partial charge in [-0.2, -0.15) is 0 Å². The molecule has 1 saturated heterocycles. The summed E-state index contributed by atoms with van der Waals surface area (Å²) >= 11 is 1.54. The third-order valence-electron chi connectivity index (χ3n) is 3.72. The third kappa shape index (κ3) is 2.93. The lowest BCUT2D eigenvalue weighted by Crippen LogP contribution is -2.47. The summed E-state index contributed by atoms with van der Waals surface area (Å²) in [5.74, 6) is 7.12. The van der Waals surface area contributed by atoms with Gasteiger partial charge in [0.05, 0.1) is 0 Å². The Hall–Kier alpha value is -1.05. The van der Waals surface area contributed by atoms with Crippen LogP contribution < -0.4 is 16.2 Å². The number of hydrogen-bond donors (Lipinski definition) is 2. The first-order valence-corrected chi connectivity index (χ1v) is 7.91. The van der Waals surface area contributed by atoms with Gasteiger partial charge in [0.25, 0.3) is 0 Å². The molecule has 3 rings (SSSR count). The topological polar surface area (TPSA) is 70.3 Å². The van der Waals surface area contributed by atoms with E-state index in [-0.39, 0.29) is 0 Å². The lowest BCUT2D eigenvalue weighted by atomic mass is 10.3. The molecule has 1 aliphatic carbocycles. The molecule has 2 aliphatic rings. The molecule has 1 aromatic rings. The second kappa shape index (κ2) is 5.52. The highest BCUT2D eigenvalue weighted by molar-refractivity contribution is 7.98. The molecule has 0 aromatic carbocycles. The fraction of sp³-hybridized carbons (Fsp3) is 0.667. The van der Waals surface area contributed by atoms with E-state index in [2.05, 4.69) is 25.2 Å². The molecule has 0 atom stereocenters. The van der Waals surface area contributed by atoms with Gasteiger partial charge in [0, 0.05) is 38.3 Å². The number of anilines is 2. The van der Waals surface area contributed by atoms with Gasteiger partial charge >= 0.3 is 0 Å². The molecule has 3 N–H and O–H groups in total. The Kier molecular flexibility index (Phi) is 3.76. The summed E-state index contributed by atoms with van der Waals surface area (Å²) in [5.41, 5.74) is 2.62. The van der Waals surface area contributed by atoms with Crippen molar-refractivity contribution in [2.75, 3.05) is 42.8 Å². The van der Waals surface area contributed by atoms with Gasteiger partial charge in [-0.1, -0.05) is 11.8 Å². The van der Waals surface area contributed by atoms with Gasteiger partial charge in [-0.25, -0.2) is 15.8 Å². The molecule has 19 heavy (non-hydrogen) atoms. The van der Waals surface area contributed by atoms with Crippen molar-refractivity contribution in [3.63, 3.8) is 0 Å². The highest BCUT2D eigenvalue weighted by Gasteiger charge is 2.31.